The third kappa shape index (κ3) is 2.12. The average molecular weight is 260 g/mol. The van der Waals surface area contributed by atoms with E-state index in [-0.39, 0.29) is 11.7 Å². The maximum Gasteiger partial charge on any atom is 0.358 e. The number of aromatic nitrogens is 5. The number of hydrogen-bond acceptors (Lipinski definition) is 6. The van der Waals surface area contributed by atoms with Crippen LogP contribution >= 0.6 is 0 Å². The Hall–Kier alpha value is -2.51. The molecule has 2 aromatic rings. The van der Waals surface area contributed by atoms with E-state index >= 15 is 0 Å². The van der Waals surface area contributed by atoms with Crippen LogP contribution in [0.2, 0.25) is 0 Å². The highest BCUT2D eigenvalue weighted by Crippen LogP contribution is 2.25. The fourth-order valence-electron chi connectivity index (χ4n) is 1.98. The first-order valence-corrected chi connectivity index (χ1v) is 5.83. The van der Waals surface area contributed by atoms with Gasteiger partial charge in [0.25, 0.3) is 0 Å². The molecule has 0 radical (unpaired) electrons. The summed E-state index contributed by atoms with van der Waals surface area (Å²) in [5.41, 5.74) is -0.0312. The summed E-state index contributed by atoms with van der Waals surface area (Å²) >= 11 is 0. The van der Waals surface area contributed by atoms with Gasteiger partial charge < -0.3 is 10.0 Å². The molecule has 0 aliphatic carbocycles. The highest BCUT2D eigenvalue weighted by atomic mass is 16.4. The highest BCUT2D eigenvalue weighted by molar-refractivity contribution is 5.84. The molecule has 0 aromatic carbocycles. The van der Waals surface area contributed by atoms with E-state index < -0.39 is 5.97 Å². The van der Waals surface area contributed by atoms with E-state index in [1.165, 1.54) is 6.20 Å². The number of nitrogens with zero attached hydrogens (tertiary/aromatic N) is 6. The number of carbonyl (C=O) groups is 1. The first-order chi connectivity index (χ1) is 9.13. The minimum Gasteiger partial charge on any atom is -0.476 e. The fourth-order valence-corrected chi connectivity index (χ4v) is 1.98. The van der Waals surface area contributed by atoms with E-state index in [9.17, 15) is 4.79 Å². The predicted octanol–water partition coefficient (Wildman–Crippen LogP) is 0.136. The van der Waals surface area contributed by atoms with E-state index in [0.717, 1.165) is 24.7 Å². The molecule has 8 heteroatoms. The highest BCUT2D eigenvalue weighted by Gasteiger charge is 2.30. The first-order valence-electron chi connectivity index (χ1n) is 5.83. The zero-order valence-corrected chi connectivity index (χ0v) is 10.3. The van der Waals surface area contributed by atoms with Gasteiger partial charge in [-0.2, -0.15) is 0 Å². The van der Waals surface area contributed by atoms with Gasteiger partial charge in [-0.1, -0.05) is 5.21 Å². The van der Waals surface area contributed by atoms with Crippen molar-refractivity contribution in [3.05, 3.63) is 30.0 Å². The van der Waals surface area contributed by atoms with Crippen LogP contribution in [-0.4, -0.2) is 49.1 Å². The summed E-state index contributed by atoms with van der Waals surface area (Å²) in [6.45, 7) is 3.31. The van der Waals surface area contributed by atoms with Gasteiger partial charge in [-0.3, -0.25) is 0 Å². The second kappa shape index (κ2) is 4.30. The molecular formula is C11H12N6O2. The van der Waals surface area contributed by atoms with Crippen molar-refractivity contribution in [1.82, 2.24) is 25.0 Å². The van der Waals surface area contributed by atoms with Crippen LogP contribution in [-0.2, 0) is 0 Å². The summed E-state index contributed by atoms with van der Waals surface area (Å²) in [5, 5.41) is 16.2. The van der Waals surface area contributed by atoms with Gasteiger partial charge >= 0.3 is 5.97 Å². The molecule has 2 aromatic heterocycles. The molecule has 1 saturated heterocycles. The Labute approximate surface area is 108 Å². The van der Waals surface area contributed by atoms with Crippen LogP contribution in [0.25, 0.3) is 0 Å². The molecule has 0 amide bonds. The summed E-state index contributed by atoms with van der Waals surface area (Å²) < 4.78 is 1.59. The Balaban J connectivity index is 1.67. The zero-order valence-electron chi connectivity index (χ0n) is 10.3. The zero-order chi connectivity index (χ0) is 13.4. The van der Waals surface area contributed by atoms with Gasteiger partial charge in [0.05, 0.1) is 12.2 Å². The molecule has 0 spiro atoms. The molecule has 0 atom stereocenters. The fraction of sp³-hybridized carbons (Fsp3) is 0.364. The van der Waals surface area contributed by atoms with Crippen molar-refractivity contribution in [1.29, 1.82) is 0 Å². The third-order valence-electron chi connectivity index (χ3n) is 3.05. The van der Waals surface area contributed by atoms with Crippen LogP contribution in [0.4, 0.5) is 5.82 Å². The molecular weight excluding hydrogens is 248 g/mol. The first kappa shape index (κ1) is 11.6. The van der Waals surface area contributed by atoms with Crippen LogP contribution in [0, 0.1) is 6.92 Å². The Morgan fingerprint density at radius 1 is 1.47 bits per heavy atom. The summed E-state index contributed by atoms with van der Waals surface area (Å²) in [7, 11) is 0. The molecule has 3 rings (SSSR count). The maximum absolute atomic E-state index is 10.7. The maximum atomic E-state index is 10.7. The van der Waals surface area contributed by atoms with Gasteiger partial charge in [-0.15, -0.1) is 5.10 Å². The van der Waals surface area contributed by atoms with Crippen molar-refractivity contribution in [2.24, 2.45) is 0 Å². The average Bonchev–Trinajstić information content (AvgIpc) is 2.76. The van der Waals surface area contributed by atoms with Crippen molar-refractivity contribution >= 4 is 11.8 Å². The van der Waals surface area contributed by atoms with Crippen molar-refractivity contribution < 1.29 is 9.90 Å². The molecule has 8 nitrogen and oxygen atoms in total. The molecule has 1 N–H and O–H groups in total. The normalized spacial score (nSPS) is 15.3. The molecule has 1 fully saturated rings. The third-order valence-corrected chi connectivity index (χ3v) is 3.05. The number of rotatable bonds is 3. The molecule has 3 heterocycles. The van der Waals surface area contributed by atoms with Crippen molar-refractivity contribution in [2.75, 3.05) is 18.0 Å². The number of anilines is 1. The largest absolute Gasteiger partial charge is 0.476 e. The molecule has 98 valence electrons. The van der Waals surface area contributed by atoms with E-state index in [1.807, 2.05) is 13.0 Å². The second-order valence-corrected chi connectivity index (χ2v) is 4.41. The second-order valence-electron chi connectivity index (χ2n) is 4.41. The number of aryl methyl sites for hydroxylation is 1. The molecule has 0 bridgehead atoms. The summed E-state index contributed by atoms with van der Waals surface area (Å²) in [6, 6.07) is 1.99. The van der Waals surface area contributed by atoms with Gasteiger partial charge in [-0.05, 0) is 13.0 Å². The van der Waals surface area contributed by atoms with Crippen LogP contribution < -0.4 is 4.90 Å². The molecule has 1 aliphatic rings. The Morgan fingerprint density at radius 2 is 2.26 bits per heavy atom. The predicted molar refractivity (Wildman–Crippen MR) is 65.0 cm³/mol. The van der Waals surface area contributed by atoms with Gasteiger partial charge in [0.2, 0.25) is 0 Å². The van der Waals surface area contributed by atoms with E-state index in [2.05, 4.69) is 25.2 Å². The number of aromatic carboxylic acids is 1. The number of carboxylic acid groups (broad SMARTS) is 1. The Morgan fingerprint density at radius 3 is 2.89 bits per heavy atom. The number of carboxylic acids is 1. The molecule has 19 heavy (non-hydrogen) atoms. The van der Waals surface area contributed by atoms with Crippen molar-refractivity contribution in [2.45, 2.75) is 13.0 Å². The van der Waals surface area contributed by atoms with Crippen LogP contribution in [0.15, 0.2) is 18.5 Å². The number of hydrogen-bond donors (Lipinski definition) is 1. The van der Waals surface area contributed by atoms with Gasteiger partial charge in [-0.25, -0.2) is 19.4 Å². The summed E-state index contributed by atoms with van der Waals surface area (Å²) in [6.07, 6.45) is 3.18. The lowest BCUT2D eigenvalue weighted by atomic mass is 10.1. The van der Waals surface area contributed by atoms with E-state index in [1.54, 1.807) is 10.9 Å². The lowest BCUT2D eigenvalue weighted by Crippen LogP contribution is -2.48. The van der Waals surface area contributed by atoms with E-state index in [0.29, 0.717) is 0 Å². The molecule has 0 saturated carbocycles. The Kier molecular flexibility index (Phi) is 2.62. The SMILES string of the molecule is Cc1nccc(N2CC(n3cc(C(=O)O)nn3)C2)n1. The molecule has 1 aliphatic heterocycles. The van der Waals surface area contributed by atoms with E-state index in [4.69, 9.17) is 5.11 Å². The van der Waals surface area contributed by atoms with Crippen molar-refractivity contribution in [3.63, 3.8) is 0 Å². The van der Waals surface area contributed by atoms with Crippen molar-refractivity contribution in [3.8, 4) is 0 Å². The van der Waals surface area contributed by atoms with Crippen LogP contribution in [0.1, 0.15) is 22.4 Å². The molecule has 0 unspecified atom stereocenters. The van der Waals surface area contributed by atoms with Crippen LogP contribution in [0.5, 0.6) is 0 Å². The van der Waals surface area contributed by atoms with Gasteiger partial charge in [0.15, 0.2) is 5.69 Å². The topological polar surface area (TPSA) is 97.0 Å². The van der Waals surface area contributed by atoms with Gasteiger partial charge in [0.1, 0.15) is 11.6 Å². The minimum atomic E-state index is -1.06. The lowest BCUT2D eigenvalue weighted by molar-refractivity contribution is 0.0690. The standard InChI is InChI=1S/C11H12N6O2/c1-7-12-3-2-10(13-7)16-4-8(5-16)17-6-9(11(18)19)14-15-17/h2-3,6,8H,4-5H2,1H3,(H,18,19). The minimum absolute atomic E-state index is 0.0312. The quantitative estimate of drug-likeness (QED) is 0.838. The Bertz CT molecular complexity index is 619. The smallest absolute Gasteiger partial charge is 0.358 e. The van der Waals surface area contributed by atoms with Crippen LogP contribution in [0.3, 0.4) is 0 Å². The lowest BCUT2D eigenvalue weighted by Gasteiger charge is -2.39. The van der Waals surface area contributed by atoms with Gasteiger partial charge in [0, 0.05) is 19.3 Å². The summed E-state index contributed by atoms with van der Waals surface area (Å²) in [5.74, 6) is 0.547. The summed E-state index contributed by atoms with van der Waals surface area (Å²) in [4.78, 5) is 21.2. The monoisotopic (exact) mass is 260 g/mol.